The van der Waals surface area contributed by atoms with E-state index in [1.165, 1.54) is 0 Å². The third-order valence-corrected chi connectivity index (χ3v) is 12.6. The monoisotopic (exact) mass is 636 g/mol. The number of ether oxygens (including phenoxy) is 2. The van der Waals surface area contributed by atoms with Gasteiger partial charge in [0.05, 0.1) is 51.1 Å². The van der Waals surface area contributed by atoms with E-state index in [-0.39, 0.29) is 49.9 Å². The lowest BCUT2D eigenvalue weighted by atomic mass is 9.82. The van der Waals surface area contributed by atoms with E-state index in [9.17, 15) is 24.3 Å². The number of hydrogen-bond acceptors (Lipinski definition) is 8. The minimum atomic E-state index is -2.97. The predicted octanol–water partition coefficient (Wildman–Crippen LogP) is 2.35. The average molecular weight is 637 g/mol. The number of nitrogens with one attached hydrogen (secondary N) is 1. The van der Waals surface area contributed by atoms with Crippen LogP contribution in [0.25, 0.3) is 0 Å². The summed E-state index contributed by atoms with van der Waals surface area (Å²) in [6, 6.07) is 13.0. The van der Waals surface area contributed by atoms with Crippen LogP contribution in [0.15, 0.2) is 42.5 Å². The lowest BCUT2D eigenvalue weighted by Crippen LogP contribution is -2.48. The smallest absolute Gasteiger partial charge is 0.264 e. The van der Waals surface area contributed by atoms with Gasteiger partial charge in [-0.2, -0.15) is 0 Å². The van der Waals surface area contributed by atoms with Crippen LogP contribution in [0.1, 0.15) is 37.3 Å². The number of fused-ring (bicyclic) bond motifs is 2. The summed E-state index contributed by atoms with van der Waals surface area (Å²) >= 11 is 0. The first-order chi connectivity index (χ1) is 21.5. The number of benzene rings is 2. The van der Waals surface area contributed by atoms with E-state index >= 15 is 0 Å². The third kappa shape index (κ3) is 5.46. The minimum absolute atomic E-state index is 0.00174. The van der Waals surface area contributed by atoms with Crippen molar-refractivity contribution in [3.05, 3.63) is 53.6 Å². The first kappa shape index (κ1) is 31.7. The standard InChI is InChI=1S/C33H44N4O7Si/c1-21-31(45(3,4)42)28(17-29(39)35-13-6-9-24(35)20-38)44-33(21)26-16-25(43-2)10-11-27(26)37(32(33)41)19-22-7-5-8-23(15-22)36-14-12-34-18-30(36)40/h5,7-8,10-11,15-16,21,24,28,31,34,38,42H,6,9,12-14,17-20H2,1-4H3/t21-,24+,28+,31-,33+/m1/s1. The number of aliphatic hydroxyl groups excluding tert-OH is 1. The Kier molecular flexibility index (Phi) is 8.55. The molecule has 0 aliphatic carbocycles. The zero-order valence-corrected chi connectivity index (χ0v) is 27.5. The van der Waals surface area contributed by atoms with Gasteiger partial charge in [-0.25, -0.2) is 0 Å². The second-order valence-electron chi connectivity index (χ2n) is 13.3. The third-order valence-electron chi connectivity index (χ3n) is 10.1. The number of carbonyl (C=O) groups excluding carboxylic acids is 3. The summed E-state index contributed by atoms with van der Waals surface area (Å²) in [6.07, 6.45) is 0.932. The van der Waals surface area contributed by atoms with E-state index in [2.05, 4.69) is 5.32 Å². The molecular weight excluding hydrogens is 592 g/mol. The first-order valence-electron chi connectivity index (χ1n) is 15.9. The summed E-state index contributed by atoms with van der Waals surface area (Å²) in [4.78, 5) is 57.8. The van der Waals surface area contributed by atoms with Crippen molar-refractivity contribution >= 4 is 37.4 Å². The molecule has 3 saturated heterocycles. The van der Waals surface area contributed by atoms with Crippen LogP contribution in [0.2, 0.25) is 18.6 Å². The molecule has 5 atom stereocenters. The van der Waals surface area contributed by atoms with Crippen molar-refractivity contribution in [1.82, 2.24) is 10.2 Å². The van der Waals surface area contributed by atoms with Crippen molar-refractivity contribution in [2.24, 2.45) is 5.92 Å². The molecule has 3 fully saturated rings. The Balaban J connectivity index is 1.36. The van der Waals surface area contributed by atoms with Crippen LogP contribution in [0.3, 0.4) is 0 Å². The molecule has 0 aromatic heterocycles. The summed E-state index contributed by atoms with van der Waals surface area (Å²) in [7, 11) is -1.39. The Hall–Kier alpha value is -3.29. The molecule has 11 nitrogen and oxygen atoms in total. The quantitative estimate of drug-likeness (QED) is 0.377. The van der Waals surface area contributed by atoms with E-state index in [0.29, 0.717) is 36.6 Å². The molecule has 242 valence electrons. The molecule has 2 aromatic carbocycles. The molecule has 45 heavy (non-hydrogen) atoms. The van der Waals surface area contributed by atoms with Gasteiger partial charge in [-0.3, -0.25) is 14.4 Å². The maximum atomic E-state index is 14.8. The molecule has 3 N–H and O–H groups in total. The number of carbonyl (C=O) groups is 3. The van der Waals surface area contributed by atoms with Crippen molar-refractivity contribution in [3.8, 4) is 5.75 Å². The number of rotatable bonds is 8. The molecule has 0 saturated carbocycles. The Morgan fingerprint density at radius 3 is 2.69 bits per heavy atom. The Morgan fingerprint density at radius 1 is 1.18 bits per heavy atom. The highest BCUT2D eigenvalue weighted by Crippen LogP contribution is 2.60. The molecule has 3 amide bonds. The van der Waals surface area contributed by atoms with Crippen molar-refractivity contribution in [2.75, 3.05) is 49.7 Å². The molecular formula is C33H44N4O7Si. The lowest BCUT2D eigenvalue weighted by molar-refractivity contribution is -0.150. The highest BCUT2D eigenvalue weighted by Gasteiger charge is 2.66. The van der Waals surface area contributed by atoms with Crippen LogP contribution in [0.5, 0.6) is 5.75 Å². The maximum Gasteiger partial charge on any atom is 0.264 e. The van der Waals surface area contributed by atoms with Crippen molar-refractivity contribution in [1.29, 1.82) is 0 Å². The van der Waals surface area contributed by atoms with Crippen molar-refractivity contribution < 1.29 is 33.8 Å². The van der Waals surface area contributed by atoms with Gasteiger partial charge in [0.15, 0.2) is 13.9 Å². The van der Waals surface area contributed by atoms with Gasteiger partial charge in [-0.1, -0.05) is 19.1 Å². The van der Waals surface area contributed by atoms with Crippen LogP contribution >= 0.6 is 0 Å². The van der Waals surface area contributed by atoms with E-state index < -0.39 is 31.5 Å². The predicted molar refractivity (Wildman–Crippen MR) is 171 cm³/mol. The molecule has 0 radical (unpaired) electrons. The van der Waals surface area contributed by atoms with Crippen LogP contribution < -0.4 is 19.9 Å². The second-order valence-corrected chi connectivity index (χ2v) is 17.3. The van der Waals surface area contributed by atoms with Gasteiger partial charge in [-0.05, 0) is 61.8 Å². The molecule has 4 aliphatic heterocycles. The largest absolute Gasteiger partial charge is 0.497 e. The van der Waals surface area contributed by atoms with Gasteiger partial charge in [-0.15, -0.1) is 0 Å². The number of aliphatic hydroxyl groups is 1. The van der Waals surface area contributed by atoms with Gasteiger partial charge in [0.25, 0.3) is 5.91 Å². The van der Waals surface area contributed by atoms with Crippen LogP contribution in [-0.4, -0.2) is 92.9 Å². The molecule has 1 spiro atoms. The number of methoxy groups -OCH3 is 1. The van der Waals surface area contributed by atoms with Crippen molar-refractivity contribution in [3.63, 3.8) is 0 Å². The zero-order valence-electron chi connectivity index (χ0n) is 26.5. The van der Waals surface area contributed by atoms with Gasteiger partial charge < -0.3 is 39.4 Å². The SMILES string of the molecule is COc1ccc2c(c1)[C@]1(O[C@@H](CC(=O)N3CCC[C@H]3CO)[C@H]([Si](C)(C)O)[C@H]1C)C(=O)N2Cc1cccc(N2CCNCC2=O)c1. The zero-order chi connectivity index (χ0) is 32.1. The number of likely N-dealkylation sites (tertiary alicyclic amines) is 1. The minimum Gasteiger partial charge on any atom is -0.497 e. The molecule has 12 heteroatoms. The summed E-state index contributed by atoms with van der Waals surface area (Å²) in [5, 5.41) is 12.9. The second kappa shape index (κ2) is 12.1. The topological polar surface area (TPSA) is 132 Å². The molecule has 2 aromatic rings. The summed E-state index contributed by atoms with van der Waals surface area (Å²) in [5.41, 5.74) is 1.19. The van der Waals surface area contributed by atoms with Crippen LogP contribution in [0, 0.1) is 5.92 Å². The van der Waals surface area contributed by atoms with E-state index in [1.54, 1.807) is 21.8 Å². The highest BCUT2D eigenvalue weighted by molar-refractivity contribution is 6.71. The Labute approximate surface area is 265 Å². The Bertz CT molecular complexity index is 1480. The highest BCUT2D eigenvalue weighted by atomic mass is 28.4. The maximum absolute atomic E-state index is 14.8. The Morgan fingerprint density at radius 2 is 1.98 bits per heavy atom. The molecule has 0 unspecified atom stereocenters. The normalized spacial score (nSPS) is 28.4. The van der Waals surface area contributed by atoms with E-state index in [1.807, 2.05) is 62.5 Å². The molecule has 6 rings (SSSR count). The summed E-state index contributed by atoms with van der Waals surface area (Å²) < 4.78 is 12.4. The summed E-state index contributed by atoms with van der Waals surface area (Å²) in [6.45, 7) is 7.94. The van der Waals surface area contributed by atoms with Crippen molar-refractivity contribution in [2.45, 2.75) is 69.1 Å². The fourth-order valence-electron chi connectivity index (χ4n) is 8.07. The fraction of sp³-hybridized carbons (Fsp3) is 0.545. The van der Waals surface area contributed by atoms with E-state index in [0.717, 1.165) is 24.1 Å². The summed E-state index contributed by atoms with van der Waals surface area (Å²) in [5.74, 6) is -0.215. The first-order valence-corrected chi connectivity index (χ1v) is 18.9. The number of amides is 3. The number of anilines is 2. The number of nitrogens with zero attached hydrogens (tertiary/aromatic N) is 3. The molecule has 0 bridgehead atoms. The van der Waals surface area contributed by atoms with Gasteiger partial charge in [0.1, 0.15) is 5.75 Å². The van der Waals surface area contributed by atoms with Gasteiger partial charge in [0, 0.05) is 42.3 Å². The number of piperazine rings is 1. The molecule has 4 aliphatic rings. The number of hydrogen-bond donors (Lipinski definition) is 3. The van der Waals surface area contributed by atoms with E-state index in [4.69, 9.17) is 9.47 Å². The van der Waals surface area contributed by atoms with Gasteiger partial charge >= 0.3 is 0 Å². The van der Waals surface area contributed by atoms with Crippen LogP contribution in [-0.2, 0) is 31.3 Å². The fourth-order valence-corrected chi connectivity index (χ4v) is 10.6. The average Bonchev–Trinajstić information content (AvgIpc) is 3.68. The van der Waals surface area contributed by atoms with Gasteiger partial charge in [0.2, 0.25) is 11.8 Å². The van der Waals surface area contributed by atoms with Crippen LogP contribution in [0.4, 0.5) is 11.4 Å². The molecule has 4 heterocycles. The lowest BCUT2D eigenvalue weighted by Gasteiger charge is -2.33.